The van der Waals surface area contributed by atoms with Crippen molar-refractivity contribution < 1.29 is 29.2 Å². The van der Waals surface area contributed by atoms with E-state index in [1.165, 1.54) is 29.6 Å². The maximum Gasteiger partial charge on any atom is 0.505 e. The van der Waals surface area contributed by atoms with Crippen LogP contribution in [0.5, 0.6) is 0 Å². The number of carboxylic acid groups (broad SMARTS) is 1. The second-order valence-electron chi connectivity index (χ2n) is 12.1. The fourth-order valence-electron chi connectivity index (χ4n) is 8.44. The average Bonchev–Trinajstić information content (AvgIpc) is 3.27. The summed E-state index contributed by atoms with van der Waals surface area (Å²) in [5.41, 5.74) is 4.73. The van der Waals surface area contributed by atoms with Gasteiger partial charge in [0.2, 0.25) is 0 Å². The number of hydrogen-bond donors (Lipinski definition) is 2. The van der Waals surface area contributed by atoms with Crippen LogP contribution in [0.3, 0.4) is 0 Å². The van der Waals surface area contributed by atoms with Gasteiger partial charge in [0.1, 0.15) is 6.61 Å². The number of aromatic nitrogens is 1. The Labute approximate surface area is 226 Å². The molecular formula is C31H43NO6. The third kappa shape index (κ3) is 5.17. The minimum Gasteiger partial charge on any atom is -0.450 e. The molecule has 0 bridgehead atoms. The van der Waals surface area contributed by atoms with E-state index in [9.17, 15) is 4.79 Å². The topological polar surface area (TPSA) is 98.1 Å². The lowest BCUT2D eigenvalue weighted by atomic mass is 9.46. The highest BCUT2D eigenvalue weighted by atomic mass is 16.7. The predicted octanol–water partition coefficient (Wildman–Crippen LogP) is 5.74. The molecular weight excluding hydrogens is 482 g/mol. The molecule has 2 fully saturated rings. The molecule has 2 saturated carbocycles. The number of fused-ring (bicyclic) bond motifs is 5. The van der Waals surface area contributed by atoms with Crippen molar-refractivity contribution in [2.45, 2.75) is 64.9 Å². The van der Waals surface area contributed by atoms with Crippen molar-refractivity contribution in [3.8, 4) is 0 Å². The number of aliphatic hydroxyl groups excluding tert-OH is 1. The molecule has 4 aliphatic carbocycles. The molecule has 1 aromatic heterocycles. The second kappa shape index (κ2) is 11.5. The summed E-state index contributed by atoms with van der Waals surface area (Å²) in [6, 6.07) is 4.26. The van der Waals surface area contributed by atoms with Crippen molar-refractivity contribution in [1.82, 2.24) is 4.98 Å². The molecule has 208 valence electrons. The summed E-state index contributed by atoms with van der Waals surface area (Å²) < 4.78 is 16.4. The number of ether oxygens (including phenoxy) is 3. The Morgan fingerprint density at radius 2 is 1.95 bits per heavy atom. The quantitative estimate of drug-likeness (QED) is 0.228. The SMILES string of the molecule is C[C@]12CC[C@H](C(COC(=O)O)OCCOCCO)CC1=CC[C@@H]1[C@@H]2CC[C@]2(C)C(c3cccnc3)=CC[C@@H]12. The Bertz CT molecular complexity index is 1040. The van der Waals surface area contributed by atoms with Gasteiger partial charge in [-0.05, 0) is 96.7 Å². The molecule has 0 aromatic carbocycles. The van der Waals surface area contributed by atoms with Crippen LogP contribution in [0.4, 0.5) is 4.79 Å². The molecule has 1 aromatic rings. The fourth-order valence-corrected chi connectivity index (χ4v) is 8.44. The molecule has 38 heavy (non-hydrogen) atoms. The molecule has 0 spiro atoms. The fraction of sp³-hybridized carbons (Fsp3) is 0.677. The molecule has 0 aliphatic heterocycles. The molecule has 4 aliphatic rings. The van der Waals surface area contributed by atoms with Gasteiger partial charge in [0.05, 0.1) is 32.5 Å². The van der Waals surface area contributed by atoms with Crippen LogP contribution in [0.2, 0.25) is 0 Å². The van der Waals surface area contributed by atoms with E-state index < -0.39 is 6.16 Å². The zero-order chi connectivity index (χ0) is 26.8. The highest BCUT2D eigenvalue weighted by molar-refractivity contribution is 5.72. The normalized spacial score (nSPS) is 34.8. The molecule has 7 nitrogen and oxygen atoms in total. The van der Waals surface area contributed by atoms with Gasteiger partial charge in [0, 0.05) is 12.4 Å². The van der Waals surface area contributed by atoms with E-state index >= 15 is 0 Å². The van der Waals surface area contributed by atoms with Gasteiger partial charge < -0.3 is 24.4 Å². The third-order valence-corrected chi connectivity index (χ3v) is 10.4. The number of pyridine rings is 1. The van der Waals surface area contributed by atoms with Crippen molar-refractivity contribution in [3.63, 3.8) is 0 Å². The van der Waals surface area contributed by atoms with Gasteiger partial charge in [-0.3, -0.25) is 4.98 Å². The largest absolute Gasteiger partial charge is 0.505 e. The lowest BCUT2D eigenvalue weighted by Crippen LogP contribution is -2.50. The Morgan fingerprint density at radius 3 is 2.71 bits per heavy atom. The number of aliphatic hydroxyl groups is 1. The first kappa shape index (κ1) is 27.4. The minimum atomic E-state index is -1.27. The van der Waals surface area contributed by atoms with Gasteiger partial charge in [-0.2, -0.15) is 0 Å². The summed E-state index contributed by atoms with van der Waals surface area (Å²) in [5, 5.41) is 18.0. The summed E-state index contributed by atoms with van der Waals surface area (Å²) in [6.07, 6.45) is 15.1. The van der Waals surface area contributed by atoms with E-state index in [-0.39, 0.29) is 42.7 Å². The summed E-state index contributed by atoms with van der Waals surface area (Å²) in [6.45, 7) is 6.01. The first-order valence-corrected chi connectivity index (χ1v) is 14.3. The van der Waals surface area contributed by atoms with Crippen molar-refractivity contribution in [3.05, 3.63) is 47.8 Å². The molecule has 7 heteroatoms. The molecule has 0 saturated heterocycles. The predicted molar refractivity (Wildman–Crippen MR) is 144 cm³/mol. The highest BCUT2D eigenvalue weighted by Gasteiger charge is 2.57. The van der Waals surface area contributed by atoms with Gasteiger partial charge in [-0.1, -0.05) is 37.6 Å². The number of rotatable bonds is 10. The van der Waals surface area contributed by atoms with Crippen LogP contribution in [0.25, 0.3) is 5.57 Å². The average molecular weight is 526 g/mol. The van der Waals surface area contributed by atoms with Gasteiger partial charge >= 0.3 is 6.16 Å². The Kier molecular flexibility index (Phi) is 8.27. The van der Waals surface area contributed by atoms with Crippen LogP contribution in [-0.2, 0) is 14.2 Å². The zero-order valence-electron chi connectivity index (χ0n) is 22.8. The first-order valence-electron chi connectivity index (χ1n) is 14.3. The molecule has 1 unspecified atom stereocenters. The van der Waals surface area contributed by atoms with Crippen LogP contribution >= 0.6 is 0 Å². The summed E-state index contributed by atoms with van der Waals surface area (Å²) in [4.78, 5) is 15.5. The van der Waals surface area contributed by atoms with Crippen LogP contribution < -0.4 is 0 Å². The lowest BCUT2D eigenvalue weighted by molar-refractivity contribution is -0.0730. The molecule has 5 rings (SSSR count). The molecule has 2 N–H and O–H groups in total. The van der Waals surface area contributed by atoms with Crippen molar-refractivity contribution in [2.75, 3.05) is 33.0 Å². The first-order chi connectivity index (χ1) is 18.4. The molecule has 0 radical (unpaired) electrons. The van der Waals surface area contributed by atoms with E-state index in [0.717, 1.165) is 32.1 Å². The Hall–Kier alpha value is -2.22. The minimum absolute atomic E-state index is 0.0239. The smallest absolute Gasteiger partial charge is 0.450 e. The van der Waals surface area contributed by atoms with Gasteiger partial charge in [-0.25, -0.2) is 4.79 Å². The van der Waals surface area contributed by atoms with E-state index in [1.54, 1.807) is 0 Å². The maximum atomic E-state index is 11.1. The molecule has 7 atom stereocenters. The highest BCUT2D eigenvalue weighted by Crippen LogP contribution is 2.66. The summed E-state index contributed by atoms with van der Waals surface area (Å²) in [7, 11) is 0. The summed E-state index contributed by atoms with van der Waals surface area (Å²) in [5.74, 6) is 2.27. The third-order valence-electron chi connectivity index (χ3n) is 10.4. The van der Waals surface area contributed by atoms with Crippen LogP contribution in [0.15, 0.2) is 42.3 Å². The van der Waals surface area contributed by atoms with E-state index in [4.69, 9.17) is 24.4 Å². The summed E-state index contributed by atoms with van der Waals surface area (Å²) >= 11 is 0. The van der Waals surface area contributed by atoms with Gasteiger partial charge in [-0.15, -0.1) is 0 Å². The van der Waals surface area contributed by atoms with Crippen molar-refractivity contribution in [1.29, 1.82) is 0 Å². The molecule has 1 heterocycles. The maximum absolute atomic E-state index is 11.1. The van der Waals surface area contributed by atoms with Crippen LogP contribution in [0.1, 0.15) is 64.4 Å². The van der Waals surface area contributed by atoms with Gasteiger partial charge in [0.15, 0.2) is 0 Å². The van der Waals surface area contributed by atoms with Crippen LogP contribution in [0, 0.1) is 34.5 Å². The van der Waals surface area contributed by atoms with Gasteiger partial charge in [0.25, 0.3) is 0 Å². The van der Waals surface area contributed by atoms with E-state index in [1.807, 2.05) is 18.5 Å². The second-order valence-corrected chi connectivity index (χ2v) is 12.1. The lowest BCUT2D eigenvalue weighted by Gasteiger charge is -2.58. The van der Waals surface area contributed by atoms with E-state index in [2.05, 4.69) is 37.0 Å². The zero-order valence-corrected chi connectivity index (χ0v) is 22.8. The van der Waals surface area contributed by atoms with E-state index in [0.29, 0.717) is 31.0 Å². The van der Waals surface area contributed by atoms with Crippen LogP contribution in [-0.4, -0.2) is 60.5 Å². The monoisotopic (exact) mass is 525 g/mol. The Morgan fingerprint density at radius 1 is 1.11 bits per heavy atom. The number of allylic oxidation sites excluding steroid dienone is 4. The number of hydrogen-bond acceptors (Lipinski definition) is 6. The molecule has 0 amide bonds. The Balaban J connectivity index is 1.28. The number of nitrogens with zero attached hydrogens (tertiary/aromatic N) is 1. The number of carbonyl (C=O) groups is 1. The standard InChI is InChI=1S/C31H43NO6/c1-30-11-9-21(28(20-38-29(34)35)37-17-16-36-15-14-33)18-23(30)5-6-24-26-8-7-25(22-4-3-13-32-19-22)31(26,2)12-10-27(24)30/h3-5,7,13,19,21,24,26-28,33H,6,8-12,14-18,20H2,1-2H3,(H,34,35)/t21-,24-,26-,27-,28?,30-,31+/m0/s1. The van der Waals surface area contributed by atoms with Crippen molar-refractivity contribution in [2.24, 2.45) is 34.5 Å². The van der Waals surface area contributed by atoms with Crippen molar-refractivity contribution >= 4 is 11.7 Å².